The summed E-state index contributed by atoms with van der Waals surface area (Å²) >= 11 is 0. The molecule has 0 saturated carbocycles. The molecule has 0 saturated heterocycles. The van der Waals surface area contributed by atoms with Crippen molar-refractivity contribution in [3.63, 3.8) is 0 Å². The molecule has 0 aromatic carbocycles. The Morgan fingerprint density at radius 2 is 2.13 bits per heavy atom. The molecule has 1 aromatic heterocycles. The minimum atomic E-state index is 0.349. The predicted octanol–water partition coefficient (Wildman–Crippen LogP) is 1.09. The van der Waals surface area contributed by atoms with E-state index in [-0.39, 0.29) is 0 Å². The van der Waals surface area contributed by atoms with Gasteiger partial charge in [0.15, 0.2) is 5.82 Å². The van der Waals surface area contributed by atoms with Gasteiger partial charge in [0, 0.05) is 19.0 Å². The number of nitrogens with one attached hydrogen (secondary N) is 1. The highest BCUT2D eigenvalue weighted by molar-refractivity contribution is 4.96. The molecule has 0 aliphatic rings. The van der Waals surface area contributed by atoms with Gasteiger partial charge in [-0.05, 0) is 29.8 Å². The Labute approximate surface area is 91.2 Å². The molecule has 86 valence electrons. The second kappa shape index (κ2) is 5.80. The SMILES string of the molecule is CCCNC(CC)C(C)c1nnnn1C. The Kier molecular flexibility index (Phi) is 4.68. The van der Waals surface area contributed by atoms with E-state index < -0.39 is 0 Å². The van der Waals surface area contributed by atoms with Crippen LogP contribution in [0.15, 0.2) is 0 Å². The highest BCUT2D eigenvalue weighted by Gasteiger charge is 2.20. The molecule has 1 heterocycles. The summed E-state index contributed by atoms with van der Waals surface area (Å²) in [4.78, 5) is 0. The van der Waals surface area contributed by atoms with Crippen molar-refractivity contribution in [3.05, 3.63) is 5.82 Å². The van der Waals surface area contributed by atoms with Gasteiger partial charge in [0.2, 0.25) is 0 Å². The van der Waals surface area contributed by atoms with Crippen LogP contribution in [-0.4, -0.2) is 32.8 Å². The Balaban J connectivity index is 2.64. The lowest BCUT2D eigenvalue weighted by atomic mass is 9.98. The quantitative estimate of drug-likeness (QED) is 0.765. The summed E-state index contributed by atoms with van der Waals surface area (Å²) in [7, 11) is 1.89. The molecule has 2 atom stereocenters. The van der Waals surface area contributed by atoms with E-state index in [0.29, 0.717) is 12.0 Å². The summed E-state index contributed by atoms with van der Waals surface area (Å²) in [6, 6.07) is 0.453. The highest BCUT2D eigenvalue weighted by atomic mass is 15.5. The third kappa shape index (κ3) is 2.99. The van der Waals surface area contributed by atoms with E-state index in [1.165, 1.54) is 0 Å². The summed E-state index contributed by atoms with van der Waals surface area (Å²) in [6.07, 6.45) is 2.24. The Morgan fingerprint density at radius 1 is 1.40 bits per heavy atom. The molecule has 0 aliphatic heterocycles. The van der Waals surface area contributed by atoms with Gasteiger partial charge < -0.3 is 5.32 Å². The highest BCUT2D eigenvalue weighted by Crippen LogP contribution is 2.17. The van der Waals surface area contributed by atoms with Crippen LogP contribution in [0.1, 0.15) is 45.4 Å². The van der Waals surface area contributed by atoms with Crippen molar-refractivity contribution in [2.45, 2.75) is 45.6 Å². The molecule has 5 nitrogen and oxygen atoms in total. The zero-order chi connectivity index (χ0) is 11.3. The molecule has 5 heteroatoms. The molecule has 0 amide bonds. The van der Waals surface area contributed by atoms with E-state index in [1.54, 1.807) is 4.68 Å². The fourth-order valence-electron chi connectivity index (χ4n) is 1.81. The van der Waals surface area contributed by atoms with E-state index in [2.05, 4.69) is 41.6 Å². The van der Waals surface area contributed by atoms with Crippen LogP contribution in [-0.2, 0) is 7.05 Å². The largest absolute Gasteiger partial charge is 0.313 e. The van der Waals surface area contributed by atoms with Gasteiger partial charge in [0.05, 0.1) is 0 Å². The topological polar surface area (TPSA) is 55.6 Å². The first kappa shape index (κ1) is 12.1. The summed E-state index contributed by atoms with van der Waals surface area (Å²) in [5.74, 6) is 1.30. The average Bonchev–Trinajstić information content (AvgIpc) is 2.65. The Hall–Kier alpha value is -0.970. The van der Waals surface area contributed by atoms with Crippen LogP contribution in [0.2, 0.25) is 0 Å². The first-order valence-corrected chi connectivity index (χ1v) is 5.66. The van der Waals surface area contributed by atoms with Crippen molar-refractivity contribution in [3.8, 4) is 0 Å². The molecule has 0 aliphatic carbocycles. The molecule has 1 N–H and O–H groups in total. The van der Waals surface area contributed by atoms with Crippen LogP contribution in [0.5, 0.6) is 0 Å². The van der Waals surface area contributed by atoms with E-state index in [9.17, 15) is 0 Å². The summed E-state index contributed by atoms with van der Waals surface area (Å²) in [5.41, 5.74) is 0. The monoisotopic (exact) mass is 211 g/mol. The molecule has 0 spiro atoms. The molecule has 0 fully saturated rings. The van der Waals surface area contributed by atoms with Gasteiger partial charge >= 0.3 is 0 Å². The molecule has 1 rings (SSSR count). The number of hydrogen-bond donors (Lipinski definition) is 1. The lowest BCUT2D eigenvalue weighted by Crippen LogP contribution is -2.34. The molecular formula is C10H21N5. The number of hydrogen-bond acceptors (Lipinski definition) is 4. The maximum atomic E-state index is 4.05. The van der Waals surface area contributed by atoms with Crippen LogP contribution < -0.4 is 5.32 Å². The number of rotatable bonds is 6. The molecule has 2 unspecified atom stereocenters. The normalized spacial score (nSPS) is 15.2. The summed E-state index contributed by atoms with van der Waals surface area (Å²) in [6.45, 7) is 7.58. The van der Waals surface area contributed by atoms with Crippen LogP contribution >= 0.6 is 0 Å². The second-order valence-electron chi connectivity index (χ2n) is 3.92. The summed E-state index contributed by atoms with van der Waals surface area (Å²) in [5, 5.41) is 15.1. The summed E-state index contributed by atoms with van der Waals surface area (Å²) < 4.78 is 1.75. The maximum absolute atomic E-state index is 4.05. The standard InChI is InChI=1S/C10H21N5/c1-5-7-11-9(6-2)8(3)10-12-13-14-15(10)4/h8-9,11H,5-7H2,1-4H3. The van der Waals surface area contributed by atoms with Crippen LogP contribution in [0, 0.1) is 0 Å². The van der Waals surface area contributed by atoms with Crippen molar-refractivity contribution < 1.29 is 0 Å². The number of aryl methyl sites for hydroxylation is 1. The van der Waals surface area contributed by atoms with Gasteiger partial charge in [-0.3, -0.25) is 0 Å². The first-order valence-electron chi connectivity index (χ1n) is 5.66. The number of aromatic nitrogens is 4. The first-order chi connectivity index (χ1) is 7.20. The number of nitrogens with zero attached hydrogens (tertiary/aromatic N) is 4. The van der Waals surface area contributed by atoms with Crippen LogP contribution in [0.3, 0.4) is 0 Å². The van der Waals surface area contributed by atoms with Gasteiger partial charge in [-0.1, -0.05) is 20.8 Å². The molecular weight excluding hydrogens is 190 g/mol. The maximum Gasteiger partial charge on any atom is 0.155 e. The fourth-order valence-corrected chi connectivity index (χ4v) is 1.81. The third-order valence-corrected chi connectivity index (χ3v) is 2.76. The van der Waals surface area contributed by atoms with Crippen molar-refractivity contribution in [2.75, 3.05) is 6.54 Å². The lowest BCUT2D eigenvalue weighted by molar-refractivity contribution is 0.416. The molecule has 0 radical (unpaired) electrons. The Bertz CT molecular complexity index is 283. The second-order valence-corrected chi connectivity index (χ2v) is 3.92. The van der Waals surface area contributed by atoms with Gasteiger partial charge in [-0.15, -0.1) is 5.10 Å². The smallest absolute Gasteiger partial charge is 0.155 e. The number of tetrazole rings is 1. The van der Waals surface area contributed by atoms with Crippen molar-refractivity contribution in [1.82, 2.24) is 25.5 Å². The van der Waals surface area contributed by atoms with Crippen LogP contribution in [0.25, 0.3) is 0 Å². The third-order valence-electron chi connectivity index (χ3n) is 2.76. The lowest BCUT2D eigenvalue weighted by Gasteiger charge is -2.22. The van der Waals surface area contributed by atoms with E-state index in [4.69, 9.17) is 0 Å². The molecule has 15 heavy (non-hydrogen) atoms. The minimum Gasteiger partial charge on any atom is -0.313 e. The van der Waals surface area contributed by atoms with E-state index in [1.807, 2.05) is 7.05 Å². The van der Waals surface area contributed by atoms with Crippen molar-refractivity contribution in [1.29, 1.82) is 0 Å². The van der Waals surface area contributed by atoms with Gasteiger partial charge in [0.25, 0.3) is 0 Å². The molecule has 0 bridgehead atoms. The van der Waals surface area contributed by atoms with Crippen molar-refractivity contribution in [2.24, 2.45) is 7.05 Å². The van der Waals surface area contributed by atoms with Crippen molar-refractivity contribution >= 4 is 0 Å². The van der Waals surface area contributed by atoms with Crippen LogP contribution in [0.4, 0.5) is 0 Å². The van der Waals surface area contributed by atoms with E-state index >= 15 is 0 Å². The fraction of sp³-hybridized carbons (Fsp3) is 0.900. The van der Waals surface area contributed by atoms with Gasteiger partial charge in [-0.25, -0.2) is 4.68 Å². The minimum absolute atomic E-state index is 0.349. The zero-order valence-corrected chi connectivity index (χ0v) is 10.1. The van der Waals surface area contributed by atoms with Gasteiger partial charge in [-0.2, -0.15) is 0 Å². The molecule has 1 aromatic rings. The van der Waals surface area contributed by atoms with Gasteiger partial charge in [0.1, 0.15) is 0 Å². The van der Waals surface area contributed by atoms with E-state index in [0.717, 1.165) is 25.2 Å². The predicted molar refractivity (Wildman–Crippen MR) is 59.6 cm³/mol. The zero-order valence-electron chi connectivity index (χ0n) is 10.1. The average molecular weight is 211 g/mol. The Morgan fingerprint density at radius 3 is 2.60 bits per heavy atom.